The van der Waals surface area contributed by atoms with E-state index >= 15 is 0 Å². The van der Waals surface area contributed by atoms with Crippen molar-refractivity contribution in [2.45, 2.75) is 38.5 Å². The average Bonchev–Trinajstić information content (AvgIpc) is 2.86. The number of hydrogen-bond donors (Lipinski definition) is 3. The molecule has 1 heterocycles. The van der Waals surface area contributed by atoms with Gasteiger partial charge >= 0.3 is 5.97 Å². The fourth-order valence-electron chi connectivity index (χ4n) is 2.51. The molecule has 0 aliphatic carbocycles. The third-order valence-electron chi connectivity index (χ3n) is 3.78. The number of carbonyl (C=O) groups excluding carboxylic acids is 1. The average molecular weight is 371 g/mol. The van der Waals surface area contributed by atoms with Crippen molar-refractivity contribution in [1.82, 2.24) is 10.3 Å². The first-order chi connectivity index (χ1) is 11.5. The second-order valence-corrected chi connectivity index (χ2v) is 6.49. The van der Waals surface area contributed by atoms with Crippen molar-refractivity contribution >= 4 is 46.0 Å². The van der Waals surface area contributed by atoms with E-state index in [2.05, 4.69) is 10.3 Å². The molecule has 0 aliphatic rings. The molecule has 0 saturated heterocycles. The number of benzene rings is 1. The molecule has 2 aromatic rings. The molecule has 1 aromatic carbocycles. The van der Waals surface area contributed by atoms with Crippen LogP contribution in [-0.2, 0) is 4.79 Å². The second-order valence-electron chi connectivity index (χ2n) is 5.67. The standard InChI is InChI=1S/C17H20Cl2N2O3/c18-11-7-8-13-12(10-11)15(19)16(21-13)17(24)20-9-5-3-1-2-4-6-14(22)23/h7-8,10,21H,1-6,9H2,(H,20,24)(H,22,23). The van der Waals surface area contributed by atoms with Gasteiger partial charge in [-0.05, 0) is 31.0 Å². The first-order valence-electron chi connectivity index (χ1n) is 7.95. The minimum Gasteiger partial charge on any atom is -0.481 e. The smallest absolute Gasteiger partial charge is 0.303 e. The maximum atomic E-state index is 12.2. The number of aromatic nitrogens is 1. The summed E-state index contributed by atoms with van der Waals surface area (Å²) in [7, 11) is 0. The summed E-state index contributed by atoms with van der Waals surface area (Å²) in [5, 5.41) is 13.1. The number of rotatable bonds is 9. The summed E-state index contributed by atoms with van der Waals surface area (Å²) in [6, 6.07) is 5.25. The monoisotopic (exact) mass is 370 g/mol. The van der Waals surface area contributed by atoms with Gasteiger partial charge in [-0.3, -0.25) is 9.59 Å². The predicted octanol–water partition coefficient (Wildman–Crippen LogP) is 4.63. The van der Waals surface area contributed by atoms with Crippen LogP contribution in [0.5, 0.6) is 0 Å². The lowest BCUT2D eigenvalue weighted by Gasteiger charge is -2.04. The maximum Gasteiger partial charge on any atom is 0.303 e. The van der Waals surface area contributed by atoms with Crippen molar-refractivity contribution in [3.8, 4) is 0 Å². The van der Waals surface area contributed by atoms with E-state index in [9.17, 15) is 9.59 Å². The Labute approximate surface area is 150 Å². The molecule has 1 aromatic heterocycles. The van der Waals surface area contributed by atoms with Gasteiger partial charge in [0, 0.05) is 28.9 Å². The normalized spacial score (nSPS) is 10.9. The molecule has 3 N–H and O–H groups in total. The van der Waals surface area contributed by atoms with E-state index in [4.69, 9.17) is 28.3 Å². The highest BCUT2D eigenvalue weighted by Gasteiger charge is 2.16. The number of fused-ring (bicyclic) bond motifs is 1. The number of carboxylic acids is 1. The molecule has 1 amide bonds. The van der Waals surface area contributed by atoms with Crippen LogP contribution in [0.15, 0.2) is 18.2 Å². The highest BCUT2D eigenvalue weighted by molar-refractivity contribution is 6.39. The molecule has 0 spiro atoms. The Kier molecular flexibility index (Phi) is 6.94. The van der Waals surface area contributed by atoms with Crippen molar-refractivity contribution in [3.63, 3.8) is 0 Å². The number of aliphatic carboxylic acids is 1. The van der Waals surface area contributed by atoms with Crippen LogP contribution in [0.25, 0.3) is 10.9 Å². The number of aromatic amines is 1. The summed E-state index contributed by atoms with van der Waals surface area (Å²) < 4.78 is 0. The first-order valence-corrected chi connectivity index (χ1v) is 8.71. The molecule has 130 valence electrons. The van der Waals surface area contributed by atoms with E-state index in [0.29, 0.717) is 28.7 Å². The predicted molar refractivity (Wildman–Crippen MR) is 96.0 cm³/mol. The lowest BCUT2D eigenvalue weighted by Crippen LogP contribution is -2.25. The van der Waals surface area contributed by atoms with Gasteiger partial charge in [-0.1, -0.05) is 42.5 Å². The Balaban J connectivity index is 1.75. The summed E-state index contributed by atoms with van der Waals surface area (Å²) in [5.74, 6) is -0.989. The molecule has 0 radical (unpaired) electrons. The zero-order valence-corrected chi connectivity index (χ0v) is 14.7. The quantitative estimate of drug-likeness (QED) is 0.562. The number of halogens is 2. The van der Waals surface area contributed by atoms with Crippen LogP contribution in [0.4, 0.5) is 0 Å². The van der Waals surface area contributed by atoms with Gasteiger partial charge in [-0.25, -0.2) is 0 Å². The topological polar surface area (TPSA) is 82.2 Å². The fourth-order valence-corrected chi connectivity index (χ4v) is 2.97. The van der Waals surface area contributed by atoms with Crippen LogP contribution in [-0.4, -0.2) is 28.5 Å². The number of nitrogens with one attached hydrogen (secondary N) is 2. The molecule has 7 heteroatoms. The van der Waals surface area contributed by atoms with Gasteiger partial charge in [0.25, 0.3) is 5.91 Å². The zero-order valence-electron chi connectivity index (χ0n) is 13.2. The van der Waals surface area contributed by atoms with Crippen LogP contribution in [0.3, 0.4) is 0 Å². The van der Waals surface area contributed by atoms with Crippen molar-refractivity contribution in [2.75, 3.05) is 6.54 Å². The Morgan fingerprint density at radius 3 is 2.54 bits per heavy atom. The van der Waals surface area contributed by atoms with Crippen LogP contribution >= 0.6 is 23.2 Å². The van der Waals surface area contributed by atoms with Crippen LogP contribution in [0.1, 0.15) is 49.0 Å². The Morgan fingerprint density at radius 2 is 1.79 bits per heavy atom. The largest absolute Gasteiger partial charge is 0.481 e. The molecular weight excluding hydrogens is 351 g/mol. The molecule has 0 aliphatic heterocycles. The van der Waals surface area contributed by atoms with Crippen molar-refractivity contribution in [2.24, 2.45) is 0 Å². The van der Waals surface area contributed by atoms with Crippen molar-refractivity contribution < 1.29 is 14.7 Å². The minimum absolute atomic E-state index is 0.222. The zero-order chi connectivity index (χ0) is 17.5. The fraction of sp³-hybridized carbons (Fsp3) is 0.412. The summed E-state index contributed by atoms with van der Waals surface area (Å²) >= 11 is 12.2. The van der Waals surface area contributed by atoms with E-state index in [1.165, 1.54) is 0 Å². The van der Waals surface area contributed by atoms with Gasteiger partial charge in [-0.2, -0.15) is 0 Å². The SMILES string of the molecule is O=C(O)CCCCCCCNC(=O)c1[nH]c2ccc(Cl)cc2c1Cl. The van der Waals surface area contributed by atoms with E-state index in [-0.39, 0.29) is 12.3 Å². The highest BCUT2D eigenvalue weighted by Crippen LogP contribution is 2.29. The minimum atomic E-state index is -0.751. The molecule has 0 bridgehead atoms. The Bertz CT molecular complexity index is 728. The van der Waals surface area contributed by atoms with E-state index in [1.54, 1.807) is 18.2 Å². The van der Waals surface area contributed by atoms with E-state index in [0.717, 1.165) is 36.6 Å². The second kappa shape index (κ2) is 8.94. The van der Waals surface area contributed by atoms with Crippen LogP contribution in [0, 0.1) is 0 Å². The van der Waals surface area contributed by atoms with Crippen molar-refractivity contribution in [1.29, 1.82) is 0 Å². The molecule has 24 heavy (non-hydrogen) atoms. The van der Waals surface area contributed by atoms with Gasteiger partial charge in [0.1, 0.15) is 5.69 Å². The third-order valence-corrected chi connectivity index (χ3v) is 4.40. The number of carboxylic acid groups (broad SMARTS) is 1. The maximum absolute atomic E-state index is 12.2. The molecule has 0 atom stereocenters. The summed E-state index contributed by atoms with van der Waals surface area (Å²) in [6.07, 6.45) is 4.59. The van der Waals surface area contributed by atoms with Gasteiger partial charge in [0.05, 0.1) is 5.02 Å². The van der Waals surface area contributed by atoms with Gasteiger partial charge in [0.15, 0.2) is 0 Å². The van der Waals surface area contributed by atoms with Gasteiger partial charge < -0.3 is 15.4 Å². The molecule has 2 rings (SSSR count). The lowest BCUT2D eigenvalue weighted by atomic mass is 10.1. The summed E-state index contributed by atoms with van der Waals surface area (Å²) in [5.41, 5.74) is 1.11. The molecule has 5 nitrogen and oxygen atoms in total. The van der Waals surface area contributed by atoms with Crippen molar-refractivity contribution in [3.05, 3.63) is 33.9 Å². The summed E-state index contributed by atoms with van der Waals surface area (Å²) in [6.45, 7) is 0.560. The molecule has 0 fully saturated rings. The number of carbonyl (C=O) groups is 2. The van der Waals surface area contributed by atoms with Gasteiger partial charge in [0.2, 0.25) is 0 Å². The van der Waals surface area contributed by atoms with E-state index < -0.39 is 5.97 Å². The molecule has 0 saturated carbocycles. The van der Waals surface area contributed by atoms with Crippen LogP contribution < -0.4 is 5.32 Å². The number of hydrogen-bond acceptors (Lipinski definition) is 2. The third kappa shape index (κ3) is 5.14. The lowest BCUT2D eigenvalue weighted by molar-refractivity contribution is -0.137. The Hall–Kier alpha value is -1.72. The van der Waals surface area contributed by atoms with E-state index in [1.807, 2.05) is 0 Å². The molecular formula is C17H20Cl2N2O3. The number of amides is 1. The first kappa shape index (κ1) is 18.6. The number of unbranched alkanes of at least 4 members (excludes halogenated alkanes) is 4. The summed E-state index contributed by atoms with van der Waals surface area (Å²) in [4.78, 5) is 25.6. The van der Waals surface area contributed by atoms with Crippen LogP contribution in [0.2, 0.25) is 10.0 Å². The Morgan fingerprint density at radius 1 is 1.08 bits per heavy atom. The molecule has 0 unspecified atom stereocenters. The highest BCUT2D eigenvalue weighted by atomic mass is 35.5. The number of H-pyrrole nitrogens is 1. The van der Waals surface area contributed by atoms with Gasteiger partial charge in [-0.15, -0.1) is 0 Å².